The van der Waals surface area contributed by atoms with Gasteiger partial charge in [-0.2, -0.15) is 0 Å². The number of benzene rings is 2. The third-order valence-electron chi connectivity index (χ3n) is 6.12. The lowest BCUT2D eigenvalue weighted by Crippen LogP contribution is -2.48. The van der Waals surface area contributed by atoms with Crippen molar-refractivity contribution < 1.29 is 28.2 Å². The number of likely N-dealkylation sites (N-methyl/N-ethyl adjacent to an activating group) is 1. The molecule has 0 fully saturated rings. The molecule has 1 aliphatic rings. The molecule has 0 spiro atoms. The Hall–Kier alpha value is -3.46. The number of nitrogens with zero attached hydrogens (tertiary/aromatic N) is 2. The average Bonchev–Trinajstić information content (AvgIpc) is 2.82. The van der Waals surface area contributed by atoms with Gasteiger partial charge in [0.15, 0.2) is 0 Å². The highest BCUT2D eigenvalue weighted by molar-refractivity contribution is 5.98. The van der Waals surface area contributed by atoms with E-state index >= 15 is 0 Å². The number of nitrogens with one attached hydrogen (secondary N) is 1. The molecule has 2 aromatic carbocycles. The van der Waals surface area contributed by atoms with Crippen molar-refractivity contribution in [3.05, 3.63) is 59.4 Å². The van der Waals surface area contributed by atoms with Crippen LogP contribution in [-0.4, -0.2) is 73.5 Å². The van der Waals surface area contributed by atoms with Gasteiger partial charge in [-0.15, -0.1) is 0 Å². The van der Waals surface area contributed by atoms with Crippen LogP contribution in [0.5, 0.6) is 5.75 Å². The second-order valence-corrected chi connectivity index (χ2v) is 8.95. The first-order valence-corrected chi connectivity index (χ1v) is 11.5. The molecule has 3 rings (SSSR count). The Balaban J connectivity index is 2.00. The van der Waals surface area contributed by atoms with Crippen molar-refractivity contribution in [3.63, 3.8) is 0 Å². The van der Waals surface area contributed by atoms with Crippen LogP contribution in [0.3, 0.4) is 0 Å². The van der Waals surface area contributed by atoms with Crippen LogP contribution < -0.4 is 10.1 Å². The maximum Gasteiger partial charge on any atom is 0.257 e. The highest BCUT2D eigenvalue weighted by Crippen LogP contribution is 2.27. The average molecular weight is 486 g/mol. The zero-order chi connectivity index (χ0) is 25.7. The van der Waals surface area contributed by atoms with Gasteiger partial charge in [0.25, 0.3) is 11.8 Å². The zero-order valence-corrected chi connectivity index (χ0v) is 20.7. The lowest BCUT2D eigenvalue weighted by Gasteiger charge is -2.36. The number of fused-ring (bicyclic) bond motifs is 1. The number of carbonyl (C=O) groups is 3. The van der Waals surface area contributed by atoms with Gasteiger partial charge in [0.1, 0.15) is 18.2 Å². The predicted octanol–water partition coefficient (Wildman–Crippen LogP) is 3.43. The Morgan fingerprint density at radius 2 is 1.80 bits per heavy atom. The van der Waals surface area contributed by atoms with Gasteiger partial charge >= 0.3 is 0 Å². The molecule has 1 N–H and O–H groups in total. The molecule has 0 saturated carbocycles. The molecule has 1 aliphatic heterocycles. The number of halogens is 1. The van der Waals surface area contributed by atoms with E-state index in [0.717, 1.165) is 0 Å². The first-order chi connectivity index (χ1) is 16.6. The molecule has 0 saturated heterocycles. The number of rotatable bonds is 3. The van der Waals surface area contributed by atoms with Crippen LogP contribution in [0.4, 0.5) is 10.1 Å². The number of hydrogen-bond acceptors (Lipinski definition) is 5. The van der Waals surface area contributed by atoms with Crippen molar-refractivity contribution in [1.82, 2.24) is 9.80 Å². The van der Waals surface area contributed by atoms with Gasteiger partial charge in [-0.25, -0.2) is 4.39 Å². The number of anilines is 1. The van der Waals surface area contributed by atoms with Gasteiger partial charge in [0.2, 0.25) is 5.91 Å². The van der Waals surface area contributed by atoms with E-state index in [1.165, 1.54) is 31.2 Å². The molecule has 9 heteroatoms. The molecule has 0 unspecified atom stereocenters. The summed E-state index contributed by atoms with van der Waals surface area (Å²) in [4.78, 5) is 41.4. The second kappa shape index (κ2) is 11.3. The van der Waals surface area contributed by atoms with Gasteiger partial charge in [-0.05, 0) is 43.3 Å². The molecule has 0 aliphatic carbocycles. The van der Waals surface area contributed by atoms with Crippen LogP contribution in [-0.2, 0) is 9.53 Å². The van der Waals surface area contributed by atoms with E-state index < -0.39 is 5.82 Å². The lowest BCUT2D eigenvalue weighted by molar-refractivity contribution is -0.114. The fourth-order valence-electron chi connectivity index (χ4n) is 4.09. The molecule has 188 valence electrons. The molecule has 0 bridgehead atoms. The van der Waals surface area contributed by atoms with Crippen molar-refractivity contribution >= 4 is 23.4 Å². The topological polar surface area (TPSA) is 88.2 Å². The van der Waals surface area contributed by atoms with Crippen LogP contribution in [0, 0.1) is 11.7 Å². The SMILES string of the molecule is CO[C@H]1CN(C)C(=O)c2ccc(NC(C)=O)cc2OC[C@@H](C)N(C(=O)c2ccc(F)cc2)C[C@H]1C. The molecule has 35 heavy (non-hydrogen) atoms. The van der Waals surface area contributed by atoms with E-state index in [2.05, 4.69) is 5.32 Å². The van der Waals surface area contributed by atoms with Crippen molar-refractivity contribution in [3.8, 4) is 5.75 Å². The summed E-state index contributed by atoms with van der Waals surface area (Å²) in [5, 5.41) is 2.69. The summed E-state index contributed by atoms with van der Waals surface area (Å²) >= 11 is 0. The standard InChI is InChI=1S/C26H32FN3O5/c1-16-13-30(25(32)19-6-8-20(27)9-7-19)17(2)15-35-23-12-21(28-18(3)31)10-11-22(23)26(33)29(4)14-24(16)34-5/h6-12,16-17,24H,13-15H2,1-5H3,(H,28,31)/t16-,17-,24+/m1/s1. The highest BCUT2D eigenvalue weighted by atomic mass is 19.1. The summed E-state index contributed by atoms with van der Waals surface area (Å²) < 4.78 is 25.2. The molecule has 2 aromatic rings. The summed E-state index contributed by atoms with van der Waals surface area (Å²) in [6.07, 6.45) is -0.331. The predicted molar refractivity (Wildman–Crippen MR) is 130 cm³/mol. The first kappa shape index (κ1) is 26.2. The summed E-state index contributed by atoms with van der Waals surface area (Å²) in [5.41, 5.74) is 1.20. The Kier molecular flexibility index (Phi) is 8.45. The van der Waals surface area contributed by atoms with Crippen molar-refractivity contribution in [2.75, 3.05) is 39.2 Å². The minimum Gasteiger partial charge on any atom is -0.491 e. The van der Waals surface area contributed by atoms with Gasteiger partial charge in [-0.3, -0.25) is 14.4 Å². The van der Waals surface area contributed by atoms with Gasteiger partial charge in [-0.1, -0.05) is 6.92 Å². The van der Waals surface area contributed by atoms with Gasteiger partial charge in [0, 0.05) is 57.4 Å². The van der Waals surface area contributed by atoms with Crippen molar-refractivity contribution in [1.29, 1.82) is 0 Å². The van der Waals surface area contributed by atoms with E-state index in [9.17, 15) is 18.8 Å². The summed E-state index contributed by atoms with van der Waals surface area (Å²) in [7, 11) is 3.26. The fraction of sp³-hybridized carbons (Fsp3) is 0.423. The number of carbonyl (C=O) groups excluding carboxylic acids is 3. The van der Waals surface area contributed by atoms with E-state index in [0.29, 0.717) is 35.7 Å². The van der Waals surface area contributed by atoms with Gasteiger partial charge < -0.3 is 24.6 Å². The van der Waals surface area contributed by atoms with Crippen LogP contribution >= 0.6 is 0 Å². The first-order valence-electron chi connectivity index (χ1n) is 11.5. The molecule has 0 aromatic heterocycles. The van der Waals surface area contributed by atoms with E-state index in [-0.39, 0.29) is 42.4 Å². The Morgan fingerprint density at radius 3 is 2.43 bits per heavy atom. The maximum atomic E-state index is 13.4. The maximum absolute atomic E-state index is 13.4. The third-order valence-corrected chi connectivity index (χ3v) is 6.12. The van der Waals surface area contributed by atoms with E-state index in [1.54, 1.807) is 42.2 Å². The zero-order valence-electron chi connectivity index (χ0n) is 20.7. The molecule has 0 radical (unpaired) electrons. The fourth-order valence-corrected chi connectivity index (χ4v) is 4.09. The number of hydrogen-bond donors (Lipinski definition) is 1. The Bertz CT molecular complexity index is 1080. The third kappa shape index (κ3) is 6.36. The number of methoxy groups -OCH3 is 1. The van der Waals surface area contributed by atoms with Crippen LogP contribution in [0.25, 0.3) is 0 Å². The minimum absolute atomic E-state index is 0.102. The quantitative estimate of drug-likeness (QED) is 0.720. The summed E-state index contributed by atoms with van der Waals surface area (Å²) in [6.45, 7) is 5.96. The molecular formula is C26H32FN3O5. The molecular weight excluding hydrogens is 453 g/mol. The Labute approximate surface area is 205 Å². The van der Waals surface area contributed by atoms with Crippen molar-refractivity contribution in [2.24, 2.45) is 5.92 Å². The largest absolute Gasteiger partial charge is 0.491 e. The van der Waals surface area contributed by atoms with Crippen LogP contribution in [0.15, 0.2) is 42.5 Å². The monoisotopic (exact) mass is 485 g/mol. The van der Waals surface area contributed by atoms with Crippen molar-refractivity contribution in [2.45, 2.75) is 32.9 Å². The number of ether oxygens (including phenoxy) is 2. The summed E-state index contributed by atoms with van der Waals surface area (Å²) in [5.74, 6) is -0.964. The summed E-state index contributed by atoms with van der Waals surface area (Å²) in [6, 6.07) is 9.91. The Morgan fingerprint density at radius 1 is 1.11 bits per heavy atom. The lowest BCUT2D eigenvalue weighted by atomic mass is 10.0. The van der Waals surface area contributed by atoms with Gasteiger partial charge in [0.05, 0.1) is 17.7 Å². The smallest absolute Gasteiger partial charge is 0.257 e. The molecule has 1 heterocycles. The minimum atomic E-state index is -0.418. The highest BCUT2D eigenvalue weighted by Gasteiger charge is 2.31. The van der Waals surface area contributed by atoms with Crippen LogP contribution in [0.2, 0.25) is 0 Å². The number of amides is 3. The molecule has 3 atom stereocenters. The molecule has 3 amide bonds. The van der Waals surface area contributed by atoms with E-state index in [4.69, 9.17) is 9.47 Å². The second-order valence-electron chi connectivity index (χ2n) is 8.95. The molecule has 8 nitrogen and oxygen atoms in total. The normalized spacial score (nSPS) is 21.3. The van der Waals surface area contributed by atoms with E-state index in [1.807, 2.05) is 13.8 Å². The van der Waals surface area contributed by atoms with Crippen LogP contribution in [0.1, 0.15) is 41.5 Å².